The Bertz CT molecular complexity index is 342. The van der Waals surface area contributed by atoms with Crippen molar-refractivity contribution in [2.24, 2.45) is 16.8 Å². The van der Waals surface area contributed by atoms with E-state index < -0.39 is 5.92 Å². The van der Waals surface area contributed by atoms with Crippen molar-refractivity contribution in [3.63, 3.8) is 0 Å². The average molecular weight is 272 g/mol. The number of amidine groups is 1. The number of carbonyl (C=O) groups excluding carboxylic acids is 2. The molecule has 19 heavy (non-hydrogen) atoms. The molecule has 0 aromatic heterocycles. The smallest absolute Gasteiger partial charge is 0.239 e. The second-order valence-electron chi connectivity index (χ2n) is 4.78. The number of oxime groups is 1. The first-order valence-electron chi connectivity index (χ1n) is 6.35. The predicted molar refractivity (Wildman–Crippen MR) is 72.7 cm³/mol. The summed E-state index contributed by atoms with van der Waals surface area (Å²) >= 11 is 0. The molecule has 0 fully saturated rings. The summed E-state index contributed by atoms with van der Waals surface area (Å²) in [6.45, 7) is 5.54. The SMILES string of the molecule is CCCC(C(=O)N(C)CC(=O)NC(C)C)C(N)=NO. The third-order valence-corrected chi connectivity index (χ3v) is 2.55. The van der Waals surface area contributed by atoms with Gasteiger partial charge in [0.1, 0.15) is 0 Å². The summed E-state index contributed by atoms with van der Waals surface area (Å²) in [5, 5.41) is 14.3. The third kappa shape index (κ3) is 6.08. The zero-order valence-corrected chi connectivity index (χ0v) is 12.0. The first-order valence-corrected chi connectivity index (χ1v) is 6.35. The molecule has 0 aromatic rings. The molecule has 0 saturated carbocycles. The average Bonchev–Trinajstić information content (AvgIpc) is 2.32. The van der Waals surface area contributed by atoms with Crippen LogP contribution in [0.4, 0.5) is 0 Å². The van der Waals surface area contributed by atoms with Crippen LogP contribution in [0.2, 0.25) is 0 Å². The normalized spacial score (nSPS) is 13.2. The highest BCUT2D eigenvalue weighted by atomic mass is 16.4. The lowest BCUT2D eigenvalue weighted by molar-refractivity contribution is -0.136. The van der Waals surface area contributed by atoms with Gasteiger partial charge < -0.3 is 21.2 Å². The maximum absolute atomic E-state index is 12.1. The van der Waals surface area contributed by atoms with Gasteiger partial charge in [-0.15, -0.1) is 0 Å². The minimum absolute atomic E-state index is 0.0199. The number of amides is 2. The van der Waals surface area contributed by atoms with Crippen LogP contribution in [0.15, 0.2) is 5.16 Å². The Morgan fingerprint density at radius 1 is 1.42 bits per heavy atom. The molecule has 0 spiro atoms. The van der Waals surface area contributed by atoms with Gasteiger partial charge in [-0.1, -0.05) is 18.5 Å². The zero-order valence-electron chi connectivity index (χ0n) is 12.0. The molecule has 0 aliphatic rings. The summed E-state index contributed by atoms with van der Waals surface area (Å²) in [6, 6.07) is 0.0199. The molecule has 0 aliphatic carbocycles. The van der Waals surface area contributed by atoms with E-state index in [0.717, 1.165) is 6.42 Å². The molecule has 2 amide bonds. The Hall–Kier alpha value is -1.79. The van der Waals surface area contributed by atoms with Crippen LogP contribution in [0.3, 0.4) is 0 Å². The van der Waals surface area contributed by atoms with Gasteiger partial charge in [0.05, 0.1) is 12.5 Å². The maximum Gasteiger partial charge on any atom is 0.239 e. The highest BCUT2D eigenvalue weighted by molar-refractivity contribution is 6.02. The molecule has 0 bridgehead atoms. The van der Waals surface area contributed by atoms with Crippen LogP contribution in [0.25, 0.3) is 0 Å². The van der Waals surface area contributed by atoms with E-state index in [2.05, 4.69) is 10.5 Å². The molecule has 0 aromatic carbocycles. The molecule has 1 atom stereocenters. The van der Waals surface area contributed by atoms with Crippen LogP contribution in [0.1, 0.15) is 33.6 Å². The fourth-order valence-electron chi connectivity index (χ4n) is 1.68. The van der Waals surface area contributed by atoms with Crippen LogP contribution in [-0.4, -0.2) is 47.4 Å². The number of nitrogens with two attached hydrogens (primary N) is 1. The largest absolute Gasteiger partial charge is 0.409 e. The highest BCUT2D eigenvalue weighted by Crippen LogP contribution is 2.10. The van der Waals surface area contributed by atoms with Crippen LogP contribution >= 0.6 is 0 Å². The van der Waals surface area contributed by atoms with Crippen molar-refractivity contribution in [3.8, 4) is 0 Å². The molecule has 4 N–H and O–H groups in total. The van der Waals surface area contributed by atoms with E-state index >= 15 is 0 Å². The molecule has 0 heterocycles. The summed E-state index contributed by atoms with van der Waals surface area (Å²) in [5.41, 5.74) is 5.51. The van der Waals surface area contributed by atoms with E-state index in [0.29, 0.717) is 6.42 Å². The Morgan fingerprint density at radius 2 is 2.00 bits per heavy atom. The van der Waals surface area contributed by atoms with E-state index in [1.165, 1.54) is 11.9 Å². The van der Waals surface area contributed by atoms with Gasteiger partial charge in [-0.05, 0) is 20.3 Å². The van der Waals surface area contributed by atoms with E-state index in [-0.39, 0.29) is 30.2 Å². The Kier molecular flexibility index (Phi) is 7.55. The second kappa shape index (κ2) is 8.34. The minimum Gasteiger partial charge on any atom is -0.409 e. The summed E-state index contributed by atoms with van der Waals surface area (Å²) in [5.74, 6) is -1.37. The standard InChI is InChI=1S/C12H24N4O3/c1-5-6-9(11(13)15-19)12(18)16(4)7-10(17)14-8(2)3/h8-9,19H,5-7H2,1-4H3,(H2,13,15)(H,14,17). The van der Waals surface area contributed by atoms with Gasteiger partial charge in [-0.3, -0.25) is 9.59 Å². The molecular formula is C12H24N4O3. The Labute approximate surface area is 113 Å². The molecule has 7 heteroatoms. The molecule has 0 saturated heterocycles. The van der Waals surface area contributed by atoms with Crippen molar-refractivity contribution in [3.05, 3.63) is 0 Å². The van der Waals surface area contributed by atoms with Crippen LogP contribution in [0.5, 0.6) is 0 Å². The Morgan fingerprint density at radius 3 is 2.42 bits per heavy atom. The van der Waals surface area contributed by atoms with Crippen molar-refractivity contribution in [2.75, 3.05) is 13.6 Å². The summed E-state index contributed by atoms with van der Waals surface area (Å²) < 4.78 is 0. The van der Waals surface area contributed by atoms with Crippen LogP contribution < -0.4 is 11.1 Å². The van der Waals surface area contributed by atoms with E-state index in [4.69, 9.17) is 10.9 Å². The number of hydrogen-bond donors (Lipinski definition) is 3. The molecule has 110 valence electrons. The quantitative estimate of drug-likeness (QED) is 0.265. The second-order valence-corrected chi connectivity index (χ2v) is 4.78. The number of nitrogens with one attached hydrogen (secondary N) is 1. The summed E-state index contributed by atoms with van der Waals surface area (Å²) in [4.78, 5) is 25.0. The number of nitrogens with zero attached hydrogens (tertiary/aromatic N) is 2. The predicted octanol–water partition coefficient (Wildman–Crippen LogP) is 0.132. The fraction of sp³-hybridized carbons (Fsp3) is 0.750. The summed E-state index contributed by atoms with van der Waals surface area (Å²) in [6.07, 6.45) is 1.20. The van der Waals surface area contributed by atoms with E-state index in [9.17, 15) is 9.59 Å². The minimum atomic E-state index is -0.688. The van der Waals surface area contributed by atoms with Gasteiger partial charge in [0.25, 0.3) is 0 Å². The highest BCUT2D eigenvalue weighted by Gasteiger charge is 2.26. The van der Waals surface area contributed by atoms with E-state index in [1.807, 2.05) is 20.8 Å². The number of hydrogen-bond acceptors (Lipinski definition) is 4. The lowest BCUT2D eigenvalue weighted by Crippen LogP contribution is -2.45. The van der Waals surface area contributed by atoms with Crippen molar-refractivity contribution in [1.82, 2.24) is 10.2 Å². The maximum atomic E-state index is 12.1. The van der Waals surface area contributed by atoms with Gasteiger partial charge in [0, 0.05) is 13.1 Å². The summed E-state index contributed by atoms with van der Waals surface area (Å²) in [7, 11) is 1.52. The molecule has 0 aliphatic heterocycles. The monoisotopic (exact) mass is 272 g/mol. The van der Waals surface area contributed by atoms with E-state index in [1.54, 1.807) is 0 Å². The molecule has 0 radical (unpaired) electrons. The van der Waals surface area contributed by atoms with Gasteiger partial charge >= 0.3 is 0 Å². The topological polar surface area (TPSA) is 108 Å². The number of likely N-dealkylation sites (N-methyl/N-ethyl adjacent to an activating group) is 1. The van der Waals surface area contributed by atoms with Gasteiger partial charge in [0.15, 0.2) is 5.84 Å². The fourth-order valence-corrected chi connectivity index (χ4v) is 1.68. The first-order chi connectivity index (χ1) is 8.83. The van der Waals surface area contributed by atoms with Gasteiger partial charge in [-0.2, -0.15) is 0 Å². The van der Waals surface area contributed by atoms with Gasteiger partial charge in [-0.25, -0.2) is 0 Å². The van der Waals surface area contributed by atoms with Crippen LogP contribution in [0, 0.1) is 5.92 Å². The number of rotatable bonds is 7. The van der Waals surface area contributed by atoms with Crippen molar-refractivity contribution >= 4 is 17.6 Å². The third-order valence-electron chi connectivity index (χ3n) is 2.55. The molecule has 0 rings (SSSR count). The lowest BCUT2D eigenvalue weighted by Gasteiger charge is -2.22. The zero-order chi connectivity index (χ0) is 15.0. The Balaban J connectivity index is 4.63. The van der Waals surface area contributed by atoms with Gasteiger partial charge in [0.2, 0.25) is 11.8 Å². The van der Waals surface area contributed by atoms with Crippen LogP contribution in [-0.2, 0) is 9.59 Å². The molecule has 7 nitrogen and oxygen atoms in total. The first kappa shape index (κ1) is 17.2. The lowest BCUT2D eigenvalue weighted by atomic mass is 10.0. The van der Waals surface area contributed by atoms with Crippen molar-refractivity contribution < 1.29 is 14.8 Å². The number of carbonyl (C=O) groups is 2. The molecular weight excluding hydrogens is 248 g/mol. The molecule has 1 unspecified atom stereocenters. The van der Waals surface area contributed by atoms with Crippen molar-refractivity contribution in [2.45, 2.75) is 39.7 Å². The van der Waals surface area contributed by atoms with Crippen molar-refractivity contribution in [1.29, 1.82) is 0 Å².